The molecule has 0 N–H and O–H groups in total. The smallest absolute Gasteiger partial charge is 0.305 e. The van der Waals surface area contributed by atoms with Crippen LogP contribution in [0.5, 0.6) is 0 Å². The van der Waals surface area contributed by atoms with E-state index in [0.29, 0.717) is 19.3 Å². The molecule has 2 rings (SSSR count). The Labute approximate surface area is 136 Å². The van der Waals surface area contributed by atoms with Crippen LogP contribution in [0.3, 0.4) is 0 Å². The molecule has 2 aliphatic rings. The third-order valence-electron chi connectivity index (χ3n) is 3.60. The van der Waals surface area contributed by atoms with Crippen LogP contribution in [0.25, 0.3) is 0 Å². The fourth-order valence-electron chi connectivity index (χ4n) is 2.37. The summed E-state index contributed by atoms with van der Waals surface area (Å²) in [4.78, 5) is 22.9. The van der Waals surface area contributed by atoms with Gasteiger partial charge >= 0.3 is 5.97 Å². The fourth-order valence-corrected chi connectivity index (χ4v) is 2.37. The molecule has 0 radical (unpaired) electrons. The number of hydrogen-bond donors (Lipinski definition) is 0. The van der Waals surface area contributed by atoms with Gasteiger partial charge in [0.25, 0.3) is 0 Å². The lowest BCUT2D eigenvalue weighted by atomic mass is 10.1. The van der Waals surface area contributed by atoms with Crippen molar-refractivity contribution in [1.82, 2.24) is 0 Å². The molecule has 0 saturated carbocycles. The molecule has 5 heteroatoms. The van der Waals surface area contributed by atoms with Gasteiger partial charge in [-0.2, -0.15) is 0 Å². The van der Waals surface area contributed by atoms with Gasteiger partial charge in [-0.1, -0.05) is 18.2 Å². The molecule has 0 aromatic rings. The molecular formula is C18H22O5. The van der Waals surface area contributed by atoms with E-state index in [1.54, 1.807) is 18.4 Å². The topological polar surface area (TPSA) is 61.8 Å². The first kappa shape index (κ1) is 17.2. The van der Waals surface area contributed by atoms with E-state index in [9.17, 15) is 9.59 Å². The molecule has 23 heavy (non-hydrogen) atoms. The van der Waals surface area contributed by atoms with Gasteiger partial charge < -0.3 is 14.2 Å². The van der Waals surface area contributed by atoms with Crippen molar-refractivity contribution in [2.24, 2.45) is 0 Å². The molecule has 0 amide bonds. The Bertz CT molecular complexity index is 542. The second-order valence-corrected chi connectivity index (χ2v) is 5.36. The second kappa shape index (κ2) is 9.10. The number of ether oxygens (including phenoxy) is 3. The molecule has 0 aromatic heterocycles. The maximum atomic E-state index is 12.0. The van der Waals surface area contributed by atoms with Gasteiger partial charge in [-0.25, -0.2) is 0 Å². The van der Waals surface area contributed by atoms with Gasteiger partial charge in [-0.05, 0) is 43.1 Å². The highest BCUT2D eigenvalue weighted by atomic mass is 16.7. The van der Waals surface area contributed by atoms with Crippen LogP contribution >= 0.6 is 0 Å². The summed E-state index contributed by atoms with van der Waals surface area (Å²) in [6.45, 7) is 0. The Morgan fingerprint density at radius 2 is 2.26 bits per heavy atom. The predicted molar refractivity (Wildman–Crippen MR) is 85.4 cm³/mol. The van der Waals surface area contributed by atoms with E-state index in [1.807, 2.05) is 24.3 Å². The summed E-state index contributed by atoms with van der Waals surface area (Å²) >= 11 is 0. The van der Waals surface area contributed by atoms with Crippen LogP contribution in [0.2, 0.25) is 0 Å². The molecule has 1 aliphatic carbocycles. The van der Waals surface area contributed by atoms with Crippen LogP contribution in [0.15, 0.2) is 48.3 Å². The van der Waals surface area contributed by atoms with Gasteiger partial charge in [0.2, 0.25) is 6.29 Å². The van der Waals surface area contributed by atoms with Gasteiger partial charge in [0.1, 0.15) is 0 Å². The van der Waals surface area contributed by atoms with Crippen LogP contribution in [-0.2, 0) is 23.8 Å². The molecule has 0 saturated heterocycles. The standard InChI is InChI=1S/C18H22O5/c1-21-17(20)9-5-3-2-4-8-14-12-15(13-16(14)19)23-18-10-6-7-11-22-18/h2,4,6-7,10-12,15,18H,3,5,8-9,13H2,1H3/b4-2-/t15?,18-/m1/s1. The average molecular weight is 318 g/mol. The number of ketones is 1. The summed E-state index contributed by atoms with van der Waals surface area (Å²) in [5.41, 5.74) is 0.773. The summed E-state index contributed by atoms with van der Waals surface area (Å²) in [5, 5.41) is 0. The number of methoxy groups -OCH3 is 1. The first-order chi connectivity index (χ1) is 11.2. The lowest BCUT2D eigenvalue weighted by Crippen LogP contribution is -2.20. The number of carbonyl (C=O) groups excluding carboxylic acids is 2. The first-order valence-corrected chi connectivity index (χ1v) is 7.79. The normalized spacial score (nSPS) is 23.2. The third-order valence-corrected chi connectivity index (χ3v) is 3.60. The number of unbranched alkanes of at least 4 members (excludes halogenated alkanes) is 1. The number of hydrogen-bond acceptors (Lipinski definition) is 5. The van der Waals surface area contributed by atoms with Gasteiger partial charge in [0.05, 0.1) is 19.5 Å². The zero-order valence-corrected chi connectivity index (χ0v) is 13.3. The Hall–Kier alpha value is -2.14. The minimum Gasteiger partial charge on any atom is -0.469 e. The molecular weight excluding hydrogens is 296 g/mol. The van der Waals surface area contributed by atoms with Crippen molar-refractivity contribution in [2.45, 2.75) is 44.5 Å². The van der Waals surface area contributed by atoms with Crippen molar-refractivity contribution in [3.8, 4) is 0 Å². The van der Waals surface area contributed by atoms with E-state index in [1.165, 1.54) is 7.11 Å². The predicted octanol–water partition coefficient (Wildman–Crippen LogP) is 2.99. The molecule has 0 fully saturated rings. The number of rotatable bonds is 8. The minimum absolute atomic E-state index is 0.115. The van der Waals surface area contributed by atoms with Gasteiger partial charge in [-0.15, -0.1) is 0 Å². The molecule has 1 heterocycles. The van der Waals surface area contributed by atoms with Crippen LogP contribution < -0.4 is 0 Å². The van der Waals surface area contributed by atoms with Crippen LogP contribution in [0, 0.1) is 0 Å². The average Bonchev–Trinajstić information content (AvgIpc) is 2.91. The van der Waals surface area contributed by atoms with Gasteiger partial charge in [0.15, 0.2) is 5.78 Å². The lowest BCUT2D eigenvalue weighted by Gasteiger charge is -2.18. The number of Topliss-reactive ketones (excluding diaryl/α,β-unsaturated/α-hetero) is 1. The van der Waals surface area contributed by atoms with Crippen molar-refractivity contribution in [2.75, 3.05) is 7.11 Å². The molecule has 2 atom stereocenters. The largest absolute Gasteiger partial charge is 0.469 e. The van der Waals surface area contributed by atoms with Crippen LogP contribution in [-0.4, -0.2) is 31.3 Å². The number of carbonyl (C=O) groups is 2. The van der Waals surface area contributed by atoms with Crippen LogP contribution in [0.4, 0.5) is 0 Å². The van der Waals surface area contributed by atoms with E-state index in [0.717, 1.165) is 18.4 Å². The highest BCUT2D eigenvalue weighted by Gasteiger charge is 2.26. The first-order valence-electron chi connectivity index (χ1n) is 7.79. The highest BCUT2D eigenvalue weighted by molar-refractivity contribution is 5.98. The van der Waals surface area contributed by atoms with E-state index in [-0.39, 0.29) is 17.9 Å². The van der Waals surface area contributed by atoms with E-state index in [4.69, 9.17) is 9.47 Å². The quantitative estimate of drug-likeness (QED) is 0.391. The summed E-state index contributed by atoms with van der Waals surface area (Å²) < 4.78 is 15.6. The molecule has 1 unspecified atom stereocenters. The molecule has 5 nitrogen and oxygen atoms in total. The third kappa shape index (κ3) is 5.87. The van der Waals surface area contributed by atoms with E-state index in [2.05, 4.69) is 4.74 Å². The second-order valence-electron chi connectivity index (χ2n) is 5.36. The molecule has 0 bridgehead atoms. The van der Waals surface area contributed by atoms with Gasteiger partial charge in [-0.3, -0.25) is 9.59 Å². The maximum Gasteiger partial charge on any atom is 0.305 e. The lowest BCUT2D eigenvalue weighted by molar-refractivity contribution is -0.140. The molecule has 0 spiro atoms. The highest BCUT2D eigenvalue weighted by Crippen LogP contribution is 2.23. The fraction of sp³-hybridized carbons (Fsp3) is 0.444. The molecule has 0 aromatic carbocycles. The summed E-state index contributed by atoms with van der Waals surface area (Å²) in [6.07, 6.45) is 15.1. The molecule has 124 valence electrons. The summed E-state index contributed by atoms with van der Waals surface area (Å²) in [5.74, 6) is -0.0783. The zero-order chi connectivity index (χ0) is 16.5. The molecule has 1 aliphatic heterocycles. The maximum absolute atomic E-state index is 12.0. The number of allylic oxidation sites excluding steroid dienone is 5. The van der Waals surface area contributed by atoms with Gasteiger partial charge in [0, 0.05) is 12.8 Å². The van der Waals surface area contributed by atoms with E-state index >= 15 is 0 Å². The Morgan fingerprint density at radius 1 is 1.39 bits per heavy atom. The van der Waals surface area contributed by atoms with Crippen molar-refractivity contribution in [3.05, 3.63) is 48.3 Å². The Morgan fingerprint density at radius 3 is 3.00 bits per heavy atom. The summed E-state index contributed by atoms with van der Waals surface area (Å²) in [7, 11) is 1.39. The van der Waals surface area contributed by atoms with Crippen molar-refractivity contribution in [1.29, 1.82) is 0 Å². The Balaban J connectivity index is 1.70. The SMILES string of the molecule is COC(=O)CCC/C=C\CC1=CC(O[C@@H]2C=CC=CO2)CC1=O. The van der Waals surface area contributed by atoms with Crippen molar-refractivity contribution in [3.63, 3.8) is 0 Å². The monoisotopic (exact) mass is 318 g/mol. The van der Waals surface area contributed by atoms with Crippen molar-refractivity contribution < 1.29 is 23.8 Å². The minimum atomic E-state index is -0.428. The van der Waals surface area contributed by atoms with E-state index < -0.39 is 6.29 Å². The van der Waals surface area contributed by atoms with Crippen molar-refractivity contribution >= 4 is 11.8 Å². The summed E-state index contributed by atoms with van der Waals surface area (Å²) in [6, 6.07) is 0. The van der Waals surface area contributed by atoms with Crippen LogP contribution in [0.1, 0.15) is 32.1 Å². The zero-order valence-electron chi connectivity index (χ0n) is 13.3. The number of esters is 1. The Kier molecular flexibility index (Phi) is 6.81.